The summed E-state index contributed by atoms with van der Waals surface area (Å²) < 4.78 is 28.1. The van der Waals surface area contributed by atoms with E-state index in [1.807, 2.05) is 36.4 Å². The number of nitrogens with zero attached hydrogens (tertiary/aromatic N) is 3. The molecule has 6 aromatic rings. The summed E-state index contributed by atoms with van der Waals surface area (Å²) in [6.45, 7) is 1.87. The van der Waals surface area contributed by atoms with E-state index in [1.54, 1.807) is 13.2 Å². The van der Waals surface area contributed by atoms with E-state index in [4.69, 9.17) is 47.1 Å². The Bertz CT molecular complexity index is 2070. The number of aromatic nitrogens is 3. The summed E-state index contributed by atoms with van der Waals surface area (Å²) >= 11 is 12.7. The zero-order valence-corrected chi connectivity index (χ0v) is 24.8. The van der Waals surface area contributed by atoms with Crippen molar-refractivity contribution in [2.24, 2.45) is 0 Å². The molecular formula is C34H26Cl2N3O4+. The number of aryl methyl sites for hydroxylation is 2. The van der Waals surface area contributed by atoms with Crippen LogP contribution in [0.2, 0.25) is 10.0 Å². The van der Waals surface area contributed by atoms with Gasteiger partial charge in [0.25, 0.3) is 0 Å². The molecule has 0 atom stereocenters. The van der Waals surface area contributed by atoms with Crippen LogP contribution in [0.5, 0.6) is 23.0 Å². The predicted molar refractivity (Wildman–Crippen MR) is 166 cm³/mol. The third kappa shape index (κ3) is 4.51. The van der Waals surface area contributed by atoms with E-state index >= 15 is 0 Å². The fraction of sp³-hybridized carbons (Fsp3) is 0.176. The lowest BCUT2D eigenvalue weighted by Gasteiger charge is -2.18. The van der Waals surface area contributed by atoms with Crippen LogP contribution in [0, 0.1) is 0 Å². The Morgan fingerprint density at radius 1 is 0.977 bits per heavy atom. The number of rotatable bonds is 6. The molecule has 0 spiro atoms. The molecule has 7 nitrogen and oxygen atoms in total. The molecule has 0 fully saturated rings. The molecule has 4 aromatic carbocycles. The molecule has 8 rings (SSSR count). The van der Waals surface area contributed by atoms with Gasteiger partial charge in [0.2, 0.25) is 12.5 Å². The van der Waals surface area contributed by atoms with Crippen molar-refractivity contribution in [1.29, 1.82) is 0 Å². The minimum absolute atomic E-state index is 0.240. The minimum Gasteiger partial charge on any atom is -0.493 e. The van der Waals surface area contributed by atoms with Crippen molar-refractivity contribution in [3.8, 4) is 34.3 Å². The number of pyridine rings is 1. The van der Waals surface area contributed by atoms with E-state index in [1.165, 1.54) is 5.56 Å². The summed E-state index contributed by atoms with van der Waals surface area (Å²) in [5.41, 5.74) is 6.38. The van der Waals surface area contributed by atoms with Crippen LogP contribution in [0.25, 0.3) is 33.1 Å². The number of methoxy groups -OCH3 is 1. The first-order valence-corrected chi connectivity index (χ1v) is 14.8. The maximum atomic E-state index is 6.59. The summed E-state index contributed by atoms with van der Waals surface area (Å²) in [5.74, 6) is 3.72. The van der Waals surface area contributed by atoms with E-state index in [0.29, 0.717) is 28.1 Å². The van der Waals surface area contributed by atoms with Crippen molar-refractivity contribution in [1.82, 2.24) is 9.55 Å². The lowest BCUT2D eigenvalue weighted by molar-refractivity contribution is -0.686. The van der Waals surface area contributed by atoms with E-state index in [-0.39, 0.29) is 13.4 Å². The van der Waals surface area contributed by atoms with Gasteiger partial charge in [-0.3, -0.25) is 0 Å². The molecule has 4 heterocycles. The Labute approximate surface area is 257 Å². The first kappa shape index (κ1) is 26.2. The summed E-state index contributed by atoms with van der Waals surface area (Å²) in [4.78, 5) is 4.93. The Hall–Kier alpha value is -4.46. The summed E-state index contributed by atoms with van der Waals surface area (Å²) in [6, 6.07) is 24.0. The number of fused-ring (bicyclic) bond motifs is 6. The van der Waals surface area contributed by atoms with Gasteiger partial charge in [-0.05, 0) is 65.0 Å². The second kappa shape index (κ2) is 10.4. The van der Waals surface area contributed by atoms with E-state index in [0.717, 1.165) is 68.9 Å². The molecular weight excluding hydrogens is 585 g/mol. The monoisotopic (exact) mass is 610 g/mol. The lowest BCUT2D eigenvalue weighted by atomic mass is 9.95. The third-order valence-electron chi connectivity index (χ3n) is 8.22. The molecule has 0 radical (unpaired) electrons. The fourth-order valence-corrected chi connectivity index (χ4v) is 6.54. The third-order valence-corrected chi connectivity index (χ3v) is 8.81. The molecule has 0 saturated heterocycles. The van der Waals surface area contributed by atoms with E-state index < -0.39 is 0 Å². The number of halogens is 2. The van der Waals surface area contributed by atoms with Crippen LogP contribution in [-0.4, -0.2) is 23.5 Å². The van der Waals surface area contributed by atoms with Crippen molar-refractivity contribution in [3.63, 3.8) is 0 Å². The average Bonchev–Trinajstić information content (AvgIpc) is 3.63. The number of imidazole rings is 1. The Balaban J connectivity index is 1.18. The van der Waals surface area contributed by atoms with Crippen LogP contribution in [0.1, 0.15) is 17.0 Å². The molecule has 0 saturated carbocycles. The summed E-state index contributed by atoms with van der Waals surface area (Å²) in [7, 11) is 1.66. The molecule has 0 unspecified atom stereocenters. The van der Waals surface area contributed by atoms with Crippen LogP contribution in [-0.2, 0) is 26.1 Å². The number of para-hydroxylation sites is 2. The highest BCUT2D eigenvalue weighted by atomic mass is 35.5. The van der Waals surface area contributed by atoms with Gasteiger partial charge >= 0.3 is 0 Å². The van der Waals surface area contributed by atoms with Gasteiger partial charge in [-0.25, -0.2) is 4.98 Å². The zero-order valence-electron chi connectivity index (χ0n) is 23.3. The van der Waals surface area contributed by atoms with Gasteiger partial charge in [-0.15, -0.1) is 0 Å². The van der Waals surface area contributed by atoms with Gasteiger partial charge in [0.1, 0.15) is 12.4 Å². The maximum absolute atomic E-state index is 6.59. The molecule has 0 N–H and O–H groups in total. The van der Waals surface area contributed by atoms with Crippen LogP contribution in [0.15, 0.2) is 79.0 Å². The first-order valence-electron chi connectivity index (χ1n) is 14.0. The topological polar surface area (TPSA) is 58.6 Å². The molecule has 43 heavy (non-hydrogen) atoms. The van der Waals surface area contributed by atoms with Gasteiger partial charge in [-0.1, -0.05) is 41.4 Å². The van der Waals surface area contributed by atoms with Crippen LogP contribution >= 0.6 is 23.2 Å². The maximum Gasteiger partial charge on any atom is 0.231 e. The smallest absolute Gasteiger partial charge is 0.231 e. The van der Waals surface area contributed by atoms with Crippen molar-refractivity contribution < 1.29 is 23.5 Å². The Kier molecular flexibility index (Phi) is 6.31. The number of hydrogen-bond donors (Lipinski definition) is 0. The number of ether oxygens (including phenoxy) is 4. The van der Waals surface area contributed by atoms with E-state index in [2.05, 4.69) is 45.7 Å². The average molecular weight is 612 g/mol. The van der Waals surface area contributed by atoms with Crippen LogP contribution in [0.3, 0.4) is 0 Å². The first-order chi connectivity index (χ1) is 21.1. The number of hydrogen-bond acceptors (Lipinski definition) is 5. The second-order valence-electron chi connectivity index (χ2n) is 10.7. The normalized spacial score (nSPS) is 13.3. The predicted octanol–water partition coefficient (Wildman–Crippen LogP) is 7.37. The second-order valence-corrected chi connectivity index (χ2v) is 11.5. The minimum atomic E-state index is 0.240. The van der Waals surface area contributed by atoms with Crippen molar-refractivity contribution >= 4 is 45.0 Å². The number of benzene rings is 4. The molecule has 2 aliphatic heterocycles. The fourth-order valence-electron chi connectivity index (χ4n) is 6.08. The summed E-state index contributed by atoms with van der Waals surface area (Å²) in [5, 5.41) is 3.23. The van der Waals surface area contributed by atoms with Crippen LogP contribution in [0.4, 0.5) is 0 Å². The van der Waals surface area contributed by atoms with Gasteiger partial charge < -0.3 is 23.5 Å². The largest absolute Gasteiger partial charge is 0.493 e. The van der Waals surface area contributed by atoms with Crippen molar-refractivity contribution in [3.05, 3.63) is 106 Å². The molecule has 2 aromatic heterocycles. The van der Waals surface area contributed by atoms with Gasteiger partial charge in [0.05, 0.1) is 35.6 Å². The molecule has 0 aliphatic carbocycles. The van der Waals surface area contributed by atoms with Crippen molar-refractivity contribution in [2.45, 2.75) is 26.1 Å². The zero-order chi connectivity index (χ0) is 29.1. The molecule has 9 heteroatoms. The van der Waals surface area contributed by atoms with Crippen molar-refractivity contribution in [2.75, 3.05) is 13.9 Å². The standard InChI is InChI=1S/C34H26Cl2N3O4/c1-40-30-9-7-20-12-29-24-15-32-31(42-19-43-32)13-21(24)10-11-38(29)17-25(20)34(30)41-18-33-37-27-4-2-3-5-28(27)39(33)16-22-6-8-23(35)14-26(22)36/h2-9,12-15,17H,10-11,16,18-19H2,1H3/q+1. The SMILES string of the molecule is COc1ccc2cc3[n+](cc2c1OCc1nc2ccccc2n1Cc1ccc(Cl)cc1Cl)CCc1cc2c(cc1-3)OCO2. The Morgan fingerprint density at radius 2 is 1.84 bits per heavy atom. The Morgan fingerprint density at radius 3 is 2.70 bits per heavy atom. The quantitative estimate of drug-likeness (QED) is 0.184. The highest BCUT2D eigenvalue weighted by Gasteiger charge is 2.29. The molecule has 214 valence electrons. The van der Waals surface area contributed by atoms with Gasteiger partial charge in [0, 0.05) is 22.5 Å². The van der Waals surface area contributed by atoms with Crippen LogP contribution < -0.4 is 23.5 Å². The molecule has 0 bridgehead atoms. The van der Waals surface area contributed by atoms with Gasteiger partial charge in [-0.2, -0.15) is 4.57 Å². The highest BCUT2D eigenvalue weighted by Crippen LogP contribution is 2.42. The molecule has 0 amide bonds. The van der Waals surface area contributed by atoms with E-state index in [9.17, 15) is 0 Å². The lowest BCUT2D eigenvalue weighted by Crippen LogP contribution is -2.40. The highest BCUT2D eigenvalue weighted by molar-refractivity contribution is 6.35. The molecule has 2 aliphatic rings. The summed E-state index contributed by atoms with van der Waals surface area (Å²) in [6.07, 6.45) is 3.05. The van der Waals surface area contributed by atoms with Gasteiger partial charge in [0.15, 0.2) is 35.7 Å².